The Morgan fingerprint density at radius 3 is 2.50 bits per heavy atom. The van der Waals surface area contributed by atoms with Gasteiger partial charge >= 0.3 is 5.97 Å². The third-order valence-corrected chi connectivity index (χ3v) is 4.86. The molecule has 1 saturated carbocycles. The van der Waals surface area contributed by atoms with Gasteiger partial charge in [-0.25, -0.2) is 4.79 Å². The van der Waals surface area contributed by atoms with E-state index in [0.717, 1.165) is 32.1 Å². The van der Waals surface area contributed by atoms with Crippen molar-refractivity contribution >= 4 is 17.6 Å². The molecule has 1 aliphatic rings. The Kier molecular flexibility index (Phi) is 7.45. The summed E-state index contributed by atoms with van der Waals surface area (Å²) in [6, 6.07) is 5.02. The van der Waals surface area contributed by atoms with E-state index in [1.807, 2.05) is 0 Å². The van der Waals surface area contributed by atoms with Crippen molar-refractivity contribution in [1.29, 1.82) is 0 Å². The zero-order valence-corrected chi connectivity index (χ0v) is 15.9. The van der Waals surface area contributed by atoms with Crippen molar-refractivity contribution in [1.82, 2.24) is 0 Å². The zero-order chi connectivity index (χ0) is 19.0. The van der Waals surface area contributed by atoms with Gasteiger partial charge in [-0.15, -0.1) is 0 Å². The number of carbonyl (C=O) groups excluding carboxylic acids is 2. The van der Waals surface area contributed by atoms with Gasteiger partial charge < -0.3 is 19.5 Å². The third kappa shape index (κ3) is 4.75. The average Bonchev–Trinajstić information content (AvgIpc) is 2.68. The molecule has 1 fully saturated rings. The molecule has 1 aliphatic carbocycles. The fourth-order valence-electron chi connectivity index (χ4n) is 3.22. The lowest BCUT2D eigenvalue weighted by Gasteiger charge is -2.34. The number of amides is 1. The van der Waals surface area contributed by atoms with E-state index >= 15 is 0 Å². The van der Waals surface area contributed by atoms with Crippen LogP contribution in [0.2, 0.25) is 0 Å². The van der Waals surface area contributed by atoms with E-state index in [9.17, 15) is 9.59 Å². The summed E-state index contributed by atoms with van der Waals surface area (Å²) in [6.45, 7) is 2.60. The highest BCUT2D eigenvalue weighted by Crippen LogP contribution is 2.33. The summed E-state index contributed by atoms with van der Waals surface area (Å²) in [5.41, 5.74) is 0.0386. The van der Waals surface area contributed by atoms with Crippen LogP contribution in [-0.2, 0) is 14.3 Å². The highest BCUT2D eigenvalue weighted by molar-refractivity contribution is 5.99. The molecule has 6 heteroatoms. The van der Waals surface area contributed by atoms with Crippen LogP contribution in [0.3, 0.4) is 0 Å². The number of anilines is 1. The quantitative estimate of drug-likeness (QED) is 0.559. The minimum absolute atomic E-state index is 0.171. The summed E-state index contributed by atoms with van der Waals surface area (Å²) < 4.78 is 16.1. The van der Waals surface area contributed by atoms with Crippen LogP contribution >= 0.6 is 0 Å². The molecule has 1 amide bonds. The average molecular weight is 363 g/mol. The summed E-state index contributed by atoms with van der Waals surface area (Å²) in [4.78, 5) is 24.9. The Bertz CT molecular complexity index is 623. The maximum atomic E-state index is 12.8. The molecule has 0 heterocycles. The molecule has 0 bridgehead atoms. The molecule has 144 valence electrons. The first-order valence-corrected chi connectivity index (χ1v) is 9.28. The zero-order valence-electron chi connectivity index (χ0n) is 15.9. The summed E-state index contributed by atoms with van der Waals surface area (Å²) in [5, 5.41) is 2.89. The largest absolute Gasteiger partial charge is 0.493 e. The minimum atomic E-state index is -0.792. The third-order valence-electron chi connectivity index (χ3n) is 4.86. The van der Waals surface area contributed by atoms with Crippen LogP contribution in [0.5, 0.6) is 5.75 Å². The van der Waals surface area contributed by atoms with Crippen molar-refractivity contribution in [3.05, 3.63) is 23.8 Å². The maximum absolute atomic E-state index is 12.8. The normalized spacial score (nSPS) is 16.0. The number of nitrogens with one attached hydrogen (secondary N) is 1. The second-order valence-corrected chi connectivity index (χ2v) is 6.62. The molecule has 1 aromatic rings. The SMILES string of the molecule is CCCCOc1ccc(NC(=O)C2(OC)CCCCC2)cc1C(=O)OC. The number of hydrogen-bond donors (Lipinski definition) is 1. The molecule has 0 unspecified atom stereocenters. The Labute approximate surface area is 155 Å². The van der Waals surface area contributed by atoms with Gasteiger partial charge in [-0.2, -0.15) is 0 Å². The monoisotopic (exact) mass is 363 g/mol. The number of carbonyl (C=O) groups is 2. The predicted octanol–water partition coefficient (Wildman–Crippen LogP) is 3.94. The van der Waals surface area contributed by atoms with Crippen LogP contribution in [0, 0.1) is 0 Å². The molecule has 1 N–H and O–H groups in total. The molecular weight excluding hydrogens is 334 g/mol. The molecule has 0 spiro atoms. The first kappa shape index (κ1) is 20.2. The smallest absolute Gasteiger partial charge is 0.341 e. The highest BCUT2D eigenvalue weighted by Gasteiger charge is 2.39. The fraction of sp³-hybridized carbons (Fsp3) is 0.600. The molecule has 2 rings (SSSR count). The van der Waals surface area contributed by atoms with Crippen molar-refractivity contribution in [3.63, 3.8) is 0 Å². The van der Waals surface area contributed by atoms with Crippen LogP contribution in [0.1, 0.15) is 62.2 Å². The van der Waals surface area contributed by atoms with E-state index in [1.165, 1.54) is 7.11 Å². The second-order valence-electron chi connectivity index (χ2n) is 6.62. The van der Waals surface area contributed by atoms with E-state index in [4.69, 9.17) is 14.2 Å². The topological polar surface area (TPSA) is 73.9 Å². The van der Waals surface area contributed by atoms with E-state index in [0.29, 0.717) is 36.4 Å². The number of methoxy groups -OCH3 is 2. The maximum Gasteiger partial charge on any atom is 0.341 e. The van der Waals surface area contributed by atoms with Crippen molar-refractivity contribution in [2.24, 2.45) is 0 Å². The first-order chi connectivity index (χ1) is 12.6. The molecule has 0 saturated heterocycles. The number of benzene rings is 1. The summed E-state index contributed by atoms with van der Waals surface area (Å²) in [7, 11) is 2.90. The van der Waals surface area contributed by atoms with Crippen LogP contribution in [0.15, 0.2) is 18.2 Å². The van der Waals surface area contributed by atoms with E-state index in [-0.39, 0.29) is 5.91 Å². The number of esters is 1. The first-order valence-electron chi connectivity index (χ1n) is 9.28. The van der Waals surface area contributed by atoms with Crippen molar-refractivity contribution in [2.45, 2.75) is 57.5 Å². The lowest BCUT2D eigenvalue weighted by molar-refractivity contribution is -0.141. The Hall–Kier alpha value is -2.08. The molecule has 1 aromatic carbocycles. The molecule has 0 aliphatic heterocycles. The predicted molar refractivity (Wildman–Crippen MR) is 99.6 cm³/mol. The summed E-state index contributed by atoms with van der Waals surface area (Å²) >= 11 is 0. The number of ether oxygens (including phenoxy) is 3. The minimum Gasteiger partial charge on any atom is -0.493 e. The molecule has 6 nitrogen and oxygen atoms in total. The Morgan fingerprint density at radius 1 is 1.15 bits per heavy atom. The highest BCUT2D eigenvalue weighted by atomic mass is 16.5. The van der Waals surface area contributed by atoms with Gasteiger partial charge in [-0.05, 0) is 37.5 Å². The van der Waals surface area contributed by atoms with E-state index in [1.54, 1.807) is 25.3 Å². The Balaban J connectivity index is 2.18. The Morgan fingerprint density at radius 2 is 1.88 bits per heavy atom. The molecular formula is C20H29NO5. The summed E-state index contributed by atoms with van der Waals surface area (Å²) in [6.07, 6.45) is 6.37. The lowest BCUT2D eigenvalue weighted by atomic mass is 9.84. The van der Waals surface area contributed by atoms with Gasteiger partial charge in [-0.3, -0.25) is 4.79 Å². The summed E-state index contributed by atoms with van der Waals surface area (Å²) in [5.74, 6) is -0.204. The van der Waals surface area contributed by atoms with Crippen molar-refractivity contribution in [2.75, 3.05) is 26.1 Å². The van der Waals surface area contributed by atoms with Crippen molar-refractivity contribution < 1.29 is 23.8 Å². The van der Waals surface area contributed by atoms with Crippen molar-refractivity contribution in [3.8, 4) is 5.75 Å². The molecule has 0 atom stereocenters. The van der Waals surface area contributed by atoms with Gasteiger partial charge in [0, 0.05) is 12.8 Å². The number of hydrogen-bond acceptors (Lipinski definition) is 5. The van der Waals surface area contributed by atoms with E-state index in [2.05, 4.69) is 12.2 Å². The van der Waals surface area contributed by atoms with Crippen LogP contribution in [0.4, 0.5) is 5.69 Å². The fourth-order valence-corrected chi connectivity index (χ4v) is 3.22. The van der Waals surface area contributed by atoms with Gasteiger partial charge in [0.1, 0.15) is 16.9 Å². The van der Waals surface area contributed by atoms with Gasteiger partial charge in [-0.1, -0.05) is 32.6 Å². The van der Waals surface area contributed by atoms with E-state index < -0.39 is 11.6 Å². The lowest BCUT2D eigenvalue weighted by Crippen LogP contribution is -2.46. The standard InChI is InChI=1S/C20H29NO5/c1-4-5-13-26-17-10-9-15(14-16(17)18(22)24-2)21-19(23)20(25-3)11-7-6-8-12-20/h9-10,14H,4-8,11-13H2,1-3H3,(H,21,23). The number of unbranched alkanes of at least 4 members (excludes halogenated alkanes) is 1. The van der Waals surface area contributed by atoms with Crippen LogP contribution in [-0.4, -0.2) is 38.3 Å². The van der Waals surface area contributed by atoms with Gasteiger partial charge in [0.2, 0.25) is 0 Å². The number of rotatable bonds is 8. The molecule has 0 aromatic heterocycles. The van der Waals surface area contributed by atoms with Crippen LogP contribution in [0.25, 0.3) is 0 Å². The van der Waals surface area contributed by atoms with Gasteiger partial charge in [0.15, 0.2) is 0 Å². The second kappa shape index (κ2) is 9.57. The van der Waals surface area contributed by atoms with Crippen LogP contribution < -0.4 is 10.1 Å². The van der Waals surface area contributed by atoms with Gasteiger partial charge in [0.05, 0.1) is 13.7 Å². The molecule has 0 radical (unpaired) electrons. The van der Waals surface area contributed by atoms with Gasteiger partial charge in [0.25, 0.3) is 5.91 Å². The molecule has 26 heavy (non-hydrogen) atoms.